The van der Waals surface area contributed by atoms with Gasteiger partial charge in [0.05, 0.1) is 0 Å². The quantitative estimate of drug-likeness (QED) is 0.550. The van der Waals surface area contributed by atoms with Crippen LogP contribution < -0.4 is 0 Å². The first-order valence-electron chi connectivity index (χ1n) is 0.408. The molecule has 0 bridgehead atoms. The van der Waals surface area contributed by atoms with Crippen LogP contribution in [0.1, 0.15) is 0 Å². The Labute approximate surface area is 62.9 Å². The van der Waals surface area contributed by atoms with E-state index in [0.717, 1.165) is 0 Å². The van der Waals surface area contributed by atoms with Gasteiger partial charge >= 0.3 is 25.7 Å². The normalized spacial score (nSPS) is 2.00. The van der Waals surface area contributed by atoms with Crippen LogP contribution >= 0.6 is 0 Å². The van der Waals surface area contributed by atoms with E-state index in [1.807, 2.05) is 0 Å². The van der Waals surface area contributed by atoms with Gasteiger partial charge in [0.2, 0.25) is 0 Å². The molecule has 0 radical (unpaired) electrons. The molecule has 4 heavy (non-hydrogen) atoms. The number of hydrogen-bond donors (Lipinski definition) is 0. The summed E-state index contributed by atoms with van der Waals surface area (Å²) in [5, 5.41) is 0. The van der Waals surface area contributed by atoms with Gasteiger partial charge in [-0.2, -0.15) is 0 Å². The Morgan fingerprint density at radius 2 is 1.25 bits per heavy atom. The topological polar surface area (TPSA) is 34.1 Å². The molecule has 0 aromatic rings. The van der Waals surface area contributed by atoms with Gasteiger partial charge in [0.1, 0.15) is 0 Å². The van der Waals surface area contributed by atoms with Gasteiger partial charge in [-0.15, -0.1) is 0 Å². The molecule has 0 fully saturated rings. The standard InChI is InChI=1S/Dy.2O.Ti. The molecule has 0 aliphatic heterocycles. The zero-order chi connectivity index (χ0) is 2.71. The SMILES string of the molecule is [Dy].[O]=[Ti]=[O]. The van der Waals surface area contributed by atoms with Crippen LogP contribution in [0.4, 0.5) is 0 Å². The molecule has 0 aromatic carbocycles. The summed E-state index contributed by atoms with van der Waals surface area (Å²) in [4.78, 5) is 0. The van der Waals surface area contributed by atoms with Gasteiger partial charge in [0.25, 0.3) is 0 Å². The van der Waals surface area contributed by atoms with Crippen molar-refractivity contribution in [1.29, 1.82) is 0 Å². The fraction of sp³-hybridized carbons (Fsp3) is 0. The van der Waals surface area contributed by atoms with Crippen LogP contribution in [-0.4, -0.2) is 0 Å². The second-order valence-electron chi connectivity index (χ2n) is 0.0833. The summed E-state index contributed by atoms with van der Waals surface area (Å²) in [6.07, 6.45) is 0. The van der Waals surface area contributed by atoms with Crippen molar-refractivity contribution in [2.24, 2.45) is 0 Å². The van der Waals surface area contributed by atoms with Crippen molar-refractivity contribution in [3.05, 3.63) is 0 Å². The van der Waals surface area contributed by atoms with Crippen LogP contribution in [0.5, 0.6) is 0 Å². The second kappa shape index (κ2) is 8.82. The predicted molar refractivity (Wildman–Crippen MR) is 1.37 cm³/mol. The van der Waals surface area contributed by atoms with Gasteiger partial charge in [-0.25, -0.2) is 0 Å². The molecule has 0 aromatic heterocycles. The molecule has 0 atom stereocenters. The van der Waals surface area contributed by atoms with Crippen LogP contribution in [0, 0.1) is 38.2 Å². The Hall–Kier alpha value is 1.59. The summed E-state index contributed by atoms with van der Waals surface area (Å²) in [6, 6.07) is 0. The summed E-state index contributed by atoms with van der Waals surface area (Å²) in [5.41, 5.74) is 0. The van der Waals surface area contributed by atoms with E-state index in [4.69, 9.17) is 6.65 Å². The zero-order valence-electron chi connectivity index (χ0n) is 1.63. The molecule has 0 unspecified atom stereocenters. The molecule has 0 amide bonds. The van der Waals surface area contributed by atoms with Crippen LogP contribution in [0.2, 0.25) is 0 Å². The van der Waals surface area contributed by atoms with Crippen molar-refractivity contribution in [1.82, 2.24) is 0 Å². The molecular weight excluding hydrogens is 242 g/mol. The van der Waals surface area contributed by atoms with Crippen molar-refractivity contribution in [2.45, 2.75) is 0 Å². The van der Waals surface area contributed by atoms with E-state index < -0.39 is 19.1 Å². The van der Waals surface area contributed by atoms with Gasteiger partial charge in [0.15, 0.2) is 0 Å². The maximum atomic E-state index is 8.50. The fourth-order valence-electron chi connectivity index (χ4n) is 0. The Balaban J connectivity index is 0. The van der Waals surface area contributed by atoms with E-state index in [1.165, 1.54) is 0 Å². The number of hydrogen-bond acceptors (Lipinski definition) is 2. The molecule has 26 valence electrons. The third-order valence-corrected chi connectivity index (χ3v) is 0. The van der Waals surface area contributed by atoms with E-state index in [2.05, 4.69) is 0 Å². The first-order chi connectivity index (χ1) is 1.41. The minimum absolute atomic E-state index is 0. The van der Waals surface area contributed by atoms with Crippen molar-refractivity contribution in [2.75, 3.05) is 0 Å². The predicted octanol–water partition coefficient (Wildman–Crippen LogP) is -0.240. The molecule has 0 aliphatic rings. The average Bonchev–Trinajstić information content (AvgIpc) is 0.918. The van der Waals surface area contributed by atoms with Crippen LogP contribution in [0.15, 0.2) is 0 Å². The monoisotopic (exact) mass is 244 g/mol. The van der Waals surface area contributed by atoms with E-state index >= 15 is 0 Å². The molecule has 0 aliphatic carbocycles. The average molecular weight is 242 g/mol. The van der Waals surface area contributed by atoms with E-state index in [0.29, 0.717) is 0 Å². The summed E-state index contributed by atoms with van der Waals surface area (Å²) in [6.45, 7) is 0. The molecule has 0 N–H and O–H groups in total. The van der Waals surface area contributed by atoms with Crippen LogP contribution in [0.3, 0.4) is 0 Å². The first kappa shape index (κ1) is 9.14. The zero-order valence-corrected chi connectivity index (χ0v) is 5.22. The van der Waals surface area contributed by atoms with Crippen molar-refractivity contribution >= 4 is 0 Å². The van der Waals surface area contributed by atoms with Gasteiger partial charge in [-0.1, -0.05) is 0 Å². The van der Waals surface area contributed by atoms with Crippen LogP contribution in [0.25, 0.3) is 0 Å². The summed E-state index contributed by atoms with van der Waals surface area (Å²) in [7, 11) is 0. The molecule has 0 heterocycles. The first-order valence-corrected chi connectivity index (χ1v) is 1.68. The molecular formula is DyO2Ti. The molecule has 0 saturated heterocycles. The molecule has 0 spiro atoms. The Bertz CT molecular complexity index is 27.0. The number of rotatable bonds is 0. The maximum absolute atomic E-state index is 8.50. The fourth-order valence-corrected chi connectivity index (χ4v) is 0. The van der Waals surface area contributed by atoms with Crippen LogP contribution in [-0.2, 0) is 25.7 Å². The molecule has 4 heteroatoms. The van der Waals surface area contributed by atoms with E-state index in [-0.39, 0.29) is 38.2 Å². The summed E-state index contributed by atoms with van der Waals surface area (Å²) in [5.74, 6) is 0. The van der Waals surface area contributed by atoms with Gasteiger partial charge in [-0.05, 0) is 0 Å². The Kier molecular flexibility index (Phi) is 20.1. The molecule has 0 rings (SSSR count). The van der Waals surface area contributed by atoms with Crippen molar-refractivity contribution in [3.63, 3.8) is 0 Å². The van der Waals surface area contributed by atoms with E-state index in [9.17, 15) is 0 Å². The summed E-state index contributed by atoms with van der Waals surface area (Å²) < 4.78 is 17.0. The Morgan fingerprint density at radius 1 is 1.25 bits per heavy atom. The van der Waals surface area contributed by atoms with Gasteiger partial charge < -0.3 is 0 Å². The van der Waals surface area contributed by atoms with Crippen molar-refractivity contribution < 1.29 is 63.9 Å². The third-order valence-electron chi connectivity index (χ3n) is 0. The summed E-state index contributed by atoms with van der Waals surface area (Å²) >= 11 is -2.00. The van der Waals surface area contributed by atoms with Crippen molar-refractivity contribution in [3.8, 4) is 0 Å². The minimum atomic E-state index is -2.00. The van der Waals surface area contributed by atoms with Gasteiger partial charge in [-0.3, -0.25) is 0 Å². The van der Waals surface area contributed by atoms with Gasteiger partial charge in [0, 0.05) is 38.2 Å². The molecule has 2 nitrogen and oxygen atoms in total. The Morgan fingerprint density at radius 3 is 1.25 bits per heavy atom. The second-order valence-corrected chi connectivity index (χ2v) is 0.344. The third kappa shape index (κ3) is 9.53. The molecule has 0 saturated carbocycles. The van der Waals surface area contributed by atoms with E-state index in [1.54, 1.807) is 0 Å².